The topological polar surface area (TPSA) is 93.1 Å². The second-order valence-corrected chi connectivity index (χ2v) is 10.8. The van der Waals surface area contributed by atoms with Gasteiger partial charge in [-0.1, -0.05) is 49.3 Å². The van der Waals surface area contributed by atoms with Crippen molar-refractivity contribution >= 4 is 57.5 Å². The molecule has 1 heterocycles. The van der Waals surface area contributed by atoms with Gasteiger partial charge in [-0.15, -0.1) is 0 Å². The molecule has 7 nitrogen and oxygen atoms in total. The van der Waals surface area contributed by atoms with E-state index >= 15 is 0 Å². The van der Waals surface area contributed by atoms with Crippen LogP contribution in [0.3, 0.4) is 0 Å². The Morgan fingerprint density at radius 3 is 2.21 bits per heavy atom. The summed E-state index contributed by atoms with van der Waals surface area (Å²) in [6.07, 6.45) is 1.02. The van der Waals surface area contributed by atoms with E-state index in [1.807, 2.05) is 24.3 Å². The van der Waals surface area contributed by atoms with Gasteiger partial charge in [0.2, 0.25) is 11.8 Å². The highest BCUT2D eigenvalue weighted by Gasteiger charge is 2.21. The third kappa shape index (κ3) is 6.26. The Hall–Kier alpha value is -3.62. The smallest absolute Gasteiger partial charge is 0.266 e. The molecule has 9 heteroatoms. The zero-order valence-electron chi connectivity index (χ0n) is 21.6. The second-order valence-electron chi connectivity index (χ2n) is 9.11. The van der Waals surface area contributed by atoms with E-state index < -0.39 is 5.25 Å². The van der Waals surface area contributed by atoms with E-state index in [-0.39, 0.29) is 17.4 Å². The Morgan fingerprint density at radius 1 is 0.974 bits per heavy atom. The molecule has 2 N–H and O–H groups in total. The molecule has 4 aromatic rings. The molecule has 0 saturated heterocycles. The fraction of sp³-hybridized carbons (Fsp3) is 0.241. The fourth-order valence-corrected chi connectivity index (χ4v) is 5.02. The number of thioether (sulfide) groups is 1. The van der Waals surface area contributed by atoms with Gasteiger partial charge in [-0.05, 0) is 79.4 Å². The lowest BCUT2D eigenvalue weighted by molar-refractivity contribution is -0.115. The van der Waals surface area contributed by atoms with Crippen LogP contribution in [-0.2, 0) is 9.59 Å². The van der Waals surface area contributed by atoms with Gasteiger partial charge in [-0.25, -0.2) is 4.98 Å². The quantitative estimate of drug-likeness (QED) is 0.190. The maximum atomic E-state index is 13.6. The number of hydrogen-bond acceptors (Lipinski definition) is 5. The highest BCUT2D eigenvalue weighted by atomic mass is 35.5. The van der Waals surface area contributed by atoms with Crippen molar-refractivity contribution in [3.8, 4) is 5.69 Å². The molecule has 2 atom stereocenters. The van der Waals surface area contributed by atoms with Crippen LogP contribution in [-0.4, -0.2) is 26.6 Å². The van der Waals surface area contributed by atoms with E-state index in [1.54, 1.807) is 54.0 Å². The molecule has 0 spiro atoms. The van der Waals surface area contributed by atoms with Crippen LogP contribution >= 0.6 is 23.4 Å². The van der Waals surface area contributed by atoms with Gasteiger partial charge in [0.15, 0.2) is 5.16 Å². The van der Waals surface area contributed by atoms with E-state index in [1.165, 1.54) is 24.2 Å². The number of halogens is 1. The molecule has 0 bridgehead atoms. The molecule has 0 aliphatic carbocycles. The standard InChI is InChI=1S/C29H29ClN4O3S/c1-5-17(2)20-6-13-24(14-7-20)34-28(37)25-15-8-21(30)16-26(25)33-29(34)38-18(3)27(36)32-23-11-9-22(10-12-23)31-19(4)35/h6-18H,5H2,1-4H3,(H,31,35)(H,32,36)/t17-,18+/m0/s1. The number of fused-ring (bicyclic) bond motifs is 1. The van der Waals surface area contributed by atoms with Gasteiger partial charge < -0.3 is 10.6 Å². The highest BCUT2D eigenvalue weighted by Crippen LogP contribution is 2.28. The second kappa shape index (κ2) is 11.8. The van der Waals surface area contributed by atoms with Gasteiger partial charge in [0.1, 0.15) is 0 Å². The summed E-state index contributed by atoms with van der Waals surface area (Å²) >= 11 is 7.38. The van der Waals surface area contributed by atoms with Crippen molar-refractivity contribution in [2.45, 2.75) is 50.4 Å². The summed E-state index contributed by atoms with van der Waals surface area (Å²) in [5, 5.41) is 6.32. The predicted molar refractivity (Wildman–Crippen MR) is 156 cm³/mol. The van der Waals surface area contributed by atoms with Crippen molar-refractivity contribution in [3.05, 3.63) is 87.7 Å². The first-order chi connectivity index (χ1) is 18.2. The third-order valence-corrected chi connectivity index (χ3v) is 7.54. The average Bonchev–Trinajstić information content (AvgIpc) is 2.89. The number of benzene rings is 3. The third-order valence-electron chi connectivity index (χ3n) is 6.26. The number of aromatic nitrogens is 2. The number of amides is 2. The zero-order chi connectivity index (χ0) is 27.4. The first-order valence-electron chi connectivity index (χ1n) is 12.3. The van der Waals surface area contributed by atoms with Crippen molar-refractivity contribution < 1.29 is 9.59 Å². The van der Waals surface area contributed by atoms with Gasteiger partial charge >= 0.3 is 0 Å². The van der Waals surface area contributed by atoms with E-state index in [0.717, 1.165) is 6.42 Å². The molecular formula is C29H29ClN4O3S. The molecule has 0 aliphatic rings. The molecule has 0 aliphatic heterocycles. The van der Waals surface area contributed by atoms with Crippen LogP contribution in [0.25, 0.3) is 16.6 Å². The maximum absolute atomic E-state index is 13.6. The zero-order valence-corrected chi connectivity index (χ0v) is 23.2. The summed E-state index contributed by atoms with van der Waals surface area (Å²) in [6, 6.07) is 19.7. The molecule has 3 aromatic carbocycles. The summed E-state index contributed by atoms with van der Waals surface area (Å²) < 4.78 is 1.55. The van der Waals surface area contributed by atoms with Crippen LogP contribution in [0.4, 0.5) is 11.4 Å². The summed E-state index contributed by atoms with van der Waals surface area (Å²) in [5.41, 5.74) is 3.34. The number of hydrogen-bond donors (Lipinski definition) is 2. The number of anilines is 2. The Labute approximate surface area is 230 Å². The van der Waals surface area contributed by atoms with Crippen LogP contribution in [0.5, 0.6) is 0 Å². The summed E-state index contributed by atoms with van der Waals surface area (Å²) in [4.78, 5) is 42.6. The van der Waals surface area contributed by atoms with Crippen LogP contribution < -0.4 is 16.2 Å². The number of nitrogens with zero attached hydrogens (tertiary/aromatic N) is 2. The van der Waals surface area contributed by atoms with E-state index in [9.17, 15) is 14.4 Å². The molecule has 0 fully saturated rings. The molecule has 38 heavy (non-hydrogen) atoms. The Balaban J connectivity index is 1.65. The highest BCUT2D eigenvalue weighted by molar-refractivity contribution is 8.00. The Kier molecular flexibility index (Phi) is 8.54. The molecule has 0 saturated carbocycles. The van der Waals surface area contributed by atoms with E-state index in [2.05, 4.69) is 24.5 Å². The van der Waals surface area contributed by atoms with Gasteiger partial charge in [0, 0.05) is 23.3 Å². The number of carbonyl (C=O) groups excluding carboxylic acids is 2. The van der Waals surface area contributed by atoms with Crippen molar-refractivity contribution in [2.24, 2.45) is 0 Å². The lowest BCUT2D eigenvalue weighted by atomic mass is 9.98. The fourth-order valence-electron chi connectivity index (χ4n) is 3.93. The van der Waals surface area contributed by atoms with Crippen molar-refractivity contribution in [1.82, 2.24) is 9.55 Å². The molecule has 4 rings (SSSR count). The van der Waals surface area contributed by atoms with Crippen molar-refractivity contribution in [1.29, 1.82) is 0 Å². The van der Waals surface area contributed by atoms with Gasteiger partial charge in [-0.3, -0.25) is 19.0 Å². The molecule has 0 unspecified atom stereocenters. The number of rotatable bonds is 8. The number of nitrogens with one attached hydrogen (secondary N) is 2. The van der Waals surface area contributed by atoms with Crippen LogP contribution in [0.1, 0.15) is 45.6 Å². The summed E-state index contributed by atoms with van der Waals surface area (Å²) in [7, 11) is 0. The van der Waals surface area contributed by atoms with Crippen molar-refractivity contribution in [3.63, 3.8) is 0 Å². The molecule has 2 amide bonds. The lowest BCUT2D eigenvalue weighted by Crippen LogP contribution is -2.26. The van der Waals surface area contributed by atoms with Gasteiger partial charge in [0.25, 0.3) is 5.56 Å². The van der Waals surface area contributed by atoms with E-state index in [4.69, 9.17) is 16.6 Å². The first-order valence-corrected chi connectivity index (χ1v) is 13.6. The largest absolute Gasteiger partial charge is 0.326 e. The SMILES string of the molecule is CC[C@H](C)c1ccc(-n2c(S[C@H](C)C(=O)Nc3ccc(NC(C)=O)cc3)nc3cc(Cl)ccc3c2=O)cc1. The average molecular weight is 549 g/mol. The summed E-state index contributed by atoms with van der Waals surface area (Å²) in [5.74, 6) is -0.0135. The van der Waals surface area contributed by atoms with Crippen LogP contribution in [0, 0.1) is 0 Å². The first kappa shape index (κ1) is 27.4. The normalized spacial score (nSPS) is 12.7. The number of carbonyl (C=O) groups is 2. The van der Waals surface area contributed by atoms with Crippen LogP contribution in [0.2, 0.25) is 5.02 Å². The Morgan fingerprint density at radius 2 is 1.61 bits per heavy atom. The predicted octanol–water partition coefficient (Wildman–Crippen LogP) is 6.63. The molecule has 1 aromatic heterocycles. The monoisotopic (exact) mass is 548 g/mol. The minimum atomic E-state index is -0.570. The van der Waals surface area contributed by atoms with Gasteiger partial charge in [-0.2, -0.15) is 0 Å². The van der Waals surface area contributed by atoms with Gasteiger partial charge in [0.05, 0.1) is 21.8 Å². The van der Waals surface area contributed by atoms with Crippen LogP contribution in [0.15, 0.2) is 76.7 Å². The molecular weight excluding hydrogens is 520 g/mol. The minimum absolute atomic E-state index is 0.170. The minimum Gasteiger partial charge on any atom is -0.326 e. The van der Waals surface area contributed by atoms with E-state index in [0.29, 0.717) is 44.1 Å². The Bertz CT molecular complexity index is 1530. The lowest BCUT2D eigenvalue weighted by Gasteiger charge is -2.17. The summed E-state index contributed by atoms with van der Waals surface area (Å²) in [6.45, 7) is 7.50. The van der Waals surface area contributed by atoms with Crippen molar-refractivity contribution in [2.75, 3.05) is 10.6 Å². The maximum Gasteiger partial charge on any atom is 0.266 e. The molecule has 196 valence electrons. The molecule has 0 radical (unpaired) electrons.